The zero-order valence-electron chi connectivity index (χ0n) is 23.3. The maximum absolute atomic E-state index is 13.3. The molecule has 0 saturated heterocycles. The lowest BCUT2D eigenvalue weighted by molar-refractivity contribution is -0.0253. The van der Waals surface area contributed by atoms with Gasteiger partial charge in [0.1, 0.15) is 34.2 Å². The van der Waals surface area contributed by atoms with Gasteiger partial charge >= 0.3 is 0 Å². The normalized spacial score (nSPS) is 21.2. The van der Waals surface area contributed by atoms with Crippen molar-refractivity contribution in [2.24, 2.45) is 0 Å². The van der Waals surface area contributed by atoms with Crippen LogP contribution in [0.3, 0.4) is 0 Å². The zero-order chi connectivity index (χ0) is 27.3. The van der Waals surface area contributed by atoms with E-state index < -0.39 is 17.5 Å². The average Bonchev–Trinajstić information content (AvgIpc) is 2.86. The van der Waals surface area contributed by atoms with Gasteiger partial charge in [-0.05, 0) is 68.9 Å². The van der Waals surface area contributed by atoms with Crippen molar-refractivity contribution < 1.29 is 29.6 Å². The zero-order valence-corrected chi connectivity index (χ0v) is 23.3. The summed E-state index contributed by atoms with van der Waals surface area (Å²) in [6, 6.07) is 5.26. The minimum atomic E-state index is -1.36. The minimum absolute atomic E-state index is 0.0426. The third-order valence-electron chi connectivity index (χ3n) is 8.13. The van der Waals surface area contributed by atoms with E-state index >= 15 is 0 Å². The van der Waals surface area contributed by atoms with E-state index in [0.29, 0.717) is 17.7 Å². The highest BCUT2D eigenvalue weighted by Crippen LogP contribution is 2.51. The molecule has 3 aliphatic rings. The van der Waals surface area contributed by atoms with E-state index in [1.807, 2.05) is 6.07 Å². The summed E-state index contributed by atoms with van der Waals surface area (Å²) >= 11 is 0. The Labute approximate surface area is 227 Å². The molecule has 6 nitrogen and oxygen atoms in total. The van der Waals surface area contributed by atoms with E-state index in [4.69, 9.17) is 9.47 Å². The van der Waals surface area contributed by atoms with Gasteiger partial charge in [-0.25, -0.2) is 0 Å². The van der Waals surface area contributed by atoms with E-state index in [0.717, 1.165) is 49.7 Å². The van der Waals surface area contributed by atoms with Gasteiger partial charge in [0.2, 0.25) is 5.78 Å². The summed E-state index contributed by atoms with van der Waals surface area (Å²) in [5, 5.41) is 33.1. The van der Waals surface area contributed by atoms with Crippen LogP contribution in [0, 0.1) is 0 Å². The number of hydrogen-bond acceptors (Lipinski definition) is 6. The molecule has 2 bridgehead atoms. The highest BCUT2D eigenvalue weighted by Gasteiger charge is 2.45. The van der Waals surface area contributed by atoms with E-state index in [2.05, 4.69) is 0 Å². The maximum atomic E-state index is 13.3. The van der Waals surface area contributed by atoms with Crippen molar-refractivity contribution in [2.75, 3.05) is 7.11 Å². The molecule has 5 rings (SSSR count). The molecule has 0 spiro atoms. The van der Waals surface area contributed by atoms with Gasteiger partial charge in [-0.15, -0.1) is 0 Å². The minimum Gasteiger partial charge on any atom is -0.507 e. The van der Waals surface area contributed by atoms with Crippen LogP contribution in [-0.2, 0) is 12.8 Å². The fourth-order valence-corrected chi connectivity index (χ4v) is 5.95. The van der Waals surface area contributed by atoms with Crippen molar-refractivity contribution in [3.8, 4) is 34.1 Å². The standard InChI is InChI=1S/C32H44O6/c1-32(2)31(36)29(35)28-25(38-32)20-22-17-15-13-11-9-7-5-4-6-8-10-12-14-16-21-18-23(33)27(24(34)19-21)26(22)30(28)37-3/h18-20,31,33-34,36H,4-17H2,1-3H3. The number of rotatable bonds is 1. The first-order valence-electron chi connectivity index (χ1n) is 14.4. The lowest BCUT2D eigenvalue weighted by atomic mass is 9.84. The number of carbonyl (C=O) groups is 1. The molecule has 1 heterocycles. The molecular weight excluding hydrogens is 480 g/mol. The number of benzene rings is 2. The van der Waals surface area contributed by atoms with Crippen LogP contribution in [0.1, 0.15) is 112 Å². The van der Waals surface area contributed by atoms with E-state index in [-0.39, 0.29) is 28.4 Å². The van der Waals surface area contributed by atoms with Crippen LogP contribution >= 0.6 is 0 Å². The number of ketones is 1. The Hall–Kier alpha value is -2.73. The van der Waals surface area contributed by atoms with Crippen molar-refractivity contribution >= 4 is 5.78 Å². The quantitative estimate of drug-likeness (QED) is 0.363. The fraction of sp³-hybridized carbons (Fsp3) is 0.594. The molecule has 2 aromatic carbocycles. The van der Waals surface area contributed by atoms with Crippen LogP contribution in [0.15, 0.2) is 18.2 Å². The van der Waals surface area contributed by atoms with Crippen LogP contribution < -0.4 is 9.47 Å². The predicted molar refractivity (Wildman–Crippen MR) is 150 cm³/mol. The summed E-state index contributed by atoms with van der Waals surface area (Å²) in [6.07, 6.45) is 14.3. The molecular formula is C32H44O6. The number of aliphatic hydroxyl groups excluding tert-OH is 1. The van der Waals surface area contributed by atoms with Crippen molar-refractivity contribution in [1.29, 1.82) is 0 Å². The van der Waals surface area contributed by atoms with Gasteiger partial charge in [-0.3, -0.25) is 4.79 Å². The Morgan fingerprint density at radius 1 is 0.763 bits per heavy atom. The first-order chi connectivity index (χ1) is 18.2. The van der Waals surface area contributed by atoms with Gasteiger partial charge in [0.05, 0.1) is 12.7 Å². The summed E-state index contributed by atoms with van der Waals surface area (Å²) in [4.78, 5) is 13.3. The van der Waals surface area contributed by atoms with Crippen molar-refractivity contribution in [3.05, 3.63) is 34.9 Å². The largest absolute Gasteiger partial charge is 0.507 e. The maximum Gasteiger partial charge on any atom is 0.202 e. The Morgan fingerprint density at radius 2 is 1.26 bits per heavy atom. The van der Waals surface area contributed by atoms with Crippen LogP contribution in [0.25, 0.3) is 11.1 Å². The Balaban J connectivity index is 1.80. The van der Waals surface area contributed by atoms with E-state index in [9.17, 15) is 20.1 Å². The average molecular weight is 525 g/mol. The number of phenolic OH excluding ortho intramolecular Hbond substituents is 2. The third kappa shape index (κ3) is 6.12. The molecule has 0 fully saturated rings. The summed E-state index contributed by atoms with van der Waals surface area (Å²) in [7, 11) is 1.47. The van der Waals surface area contributed by atoms with E-state index in [1.165, 1.54) is 52.1 Å². The number of ether oxygens (including phenoxy) is 2. The predicted octanol–water partition coefficient (Wildman–Crippen LogP) is 7.27. The second-order valence-corrected chi connectivity index (χ2v) is 11.5. The topological polar surface area (TPSA) is 96.2 Å². The number of phenols is 2. The summed E-state index contributed by atoms with van der Waals surface area (Å²) < 4.78 is 11.9. The smallest absolute Gasteiger partial charge is 0.202 e. The SMILES string of the molecule is COc1c2c(cc3c1-c1c(O)cc(cc1O)CCCCCCCCCCCCCC3)OC(C)(C)C(O)C2=O. The molecule has 0 aromatic heterocycles. The molecule has 3 N–H and O–H groups in total. The molecule has 2 aliphatic carbocycles. The molecule has 208 valence electrons. The number of methoxy groups -OCH3 is 1. The lowest BCUT2D eigenvalue weighted by Gasteiger charge is -2.37. The number of aromatic hydroxyl groups is 2. The molecule has 38 heavy (non-hydrogen) atoms. The molecule has 0 saturated carbocycles. The van der Waals surface area contributed by atoms with Crippen LogP contribution in [0.5, 0.6) is 23.0 Å². The number of carbonyl (C=O) groups excluding carboxylic acids is 1. The first kappa shape index (κ1) is 28.3. The van der Waals surface area contributed by atoms with Crippen molar-refractivity contribution in [3.63, 3.8) is 0 Å². The van der Waals surface area contributed by atoms with Gasteiger partial charge in [0, 0.05) is 5.56 Å². The molecule has 1 atom stereocenters. The molecule has 0 amide bonds. The Morgan fingerprint density at radius 3 is 1.79 bits per heavy atom. The van der Waals surface area contributed by atoms with Gasteiger partial charge in [-0.2, -0.15) is 0 Å². The fourth-order valence-electron chi connectivity index (χ4n) is 5.95. The highest BCUT2D eigenvalue weighted by molar-refractivity contribution is 6.08. The third-order valence-corrected chi connectivity index (χ3v) is 8.13. The van der Waals surface area contributed by atoms with Gasteiger partial charge in [0.15, 0.2) is 6.10 Å². The molecule has 0 radical (unpaired) electrons. The second-order valence-electron chi connectivity index (χ2n) is 11.5. The molecule has 1 aliphatic heterocycles. The molecule has 6 heteroatoms. The van der Waals surface area contributed by atoms with E-state index in [1.54, 1.807) is 26.0 Å². The first-order valence-corrected chi connectivity index (χ1v) is 14.4. The lowest BCUT2D eigenvalue weighted by Crippen LogP contribution is -2.50. The van der Waals surface area contributed by atoms with Gasteiger partial charge < -0.3 is 24.8 Å². The number of aliphatic hydroxyl groups is 1. The summed E-state index contributed by atoms with van der Waals surface area (Å²) in [6.45, 7) is 3.38. The summed E-state index contributed by atoms with van der Waals surface area (Å²) in [5.74, 6) is 0.0133. The highest BCUT2D eigenvalue weighted by atomic mass is 16.5. The van der Waals surface area contributed by atoms with Gasteiger partial charge in [0.25, 0.3) is 0 Å². The Kier molecular flexibility index (Phi) is 9.24. The Bertz CT molecular complexity index is 1110. The van der Waals surface area contributed by atoms with Crippen LogP contribution in [-0.4, -0.2) is 39.9 Å². The monoisotopic (exact) mass is 524 g/mol. The van der Waals surface area contributed by atoms with Crippen molar-refractivity contribution in [2.45, 2.75) is 115 Å². The van der Waals surface area contributed by atoms with Crippen LogP contribution in [0.2, 0.25) is 0 Å². The van der Waals surface area contributed by atoms with Crippen molar-refractivity contribution in [1.82, 2.24) is 0 Å². The number of hydrogen-bond donors (Lipinski definition) is 3. The number of Topliss-reactive ketones (excluding diaryl/α,β-unsaturated/α-hetero) is 1. The molecule has 1 unspecified atom stereocenters. The summed E-state index contributed by atoms with van der Waals surface area (Å²) in [5.41, 5.74) is 1.54. The number of fused-ring (bicyclic) bond motifs is 16. The number of aryl methyl sites for hydroxylation is 2. The molecule has 2 aromatic rings. The van der Waals surface area contributed by atoms with Crippen LogP contribution in [0.4, 0.5) is 0 Å². The van der Waals surface area contributed by atoms with Gasteiger partial charge in [-0.1, -0.05) is 64.2 Å². The second kappa shape index (κ2) is 12.4.